The molecule has 1 amide bonds. The summed E-state index contributed by atoms with van der Waals surface area (Å²) in [5, 5.41) is 10.9. The zero-order valence-corrected chi connectivity index (χ0v) is 15.6. The van der Waals surface area contributed by atoms with Crippen molar-refractivity contribution in [3.63, 3.8) is 0 Å². The second kappa shape index (κ2) is 7.35. The van der Waals surface area contributed by atoms with E-state index in [-0.39, 0.29) is 17.7 Å². The molecule has 1 saturated carbocycles. The normalized spacial score (nSPS) is 18.5. The van der Waals surface area contributed by atoms with Crippen molar-refractivity contribution in [2.45, 2.75) is 32.0 Å². The second-order valence-corrected chi connectivity index (χ2v) is 7.08. The molecule has 0 saturated heterocycles. The maximum Gasteiger partial charge on any atom is 0.416 e. The maximum absolute atomic E-state index is 12.7. The largest absolute Gasteiger partial charge is 0.416 e. The van der Waals surface area contributed by atoms with E-state index >= 15 is 0 Å². The molecule has 1 aliphatic rings. The fourth-order valence-electron chi connectivity index (χ4n) is 3.45. The minimum atomic E-state index is -4.36. The van der Waals surface area contributed by atoms with Gasteiger partial charge in [0.2, 0.25) is 5.91 Å². The standard InChI is InChI=1S/C21H19F3N4O/c1-2-28-12-25-27-19(28)14-4-3-5-16(10-14)26-20(29)18-11-17(18)13-6-8-15(9-7-13)21(22,23)24/h3-10,12,17-18H,2,11H2,1H3,(H,26,29). The van der Waals surface area contributed by atoms with Crippen LogP contribution in [0.15, 0.2) is 54.9 Å². The summed E-state index contributed by atoms with van der Waals surface area (Å²) in [5.41, 5.74) is 1.57. The van der Waals surface area contributed by atoms with Gasteiger partial charge in [0.15, 0.2) is 5.82 Å². The van der Waals surface area contributed by atoms with Gasteiger partial charge in [0.05, 0.1) is 5.56 Å². The topological polar surface area (TPSA) is 59.8 Å². The van der Waals surface area contributed by atoms with E-state index in [1.165, 1.54) is 12.1 Å². The number of anilines is 1. The SMILES string of the molecule is CCn1cnnc1-c1cccc(NC(=O)C2CC2c2ccc(C(F)(F)F)cc2)c1. The number of aryl methyl sites for hydroxylation is 1. The van der Waals surface area contributed by atoms with Crippen LogP contribution in [0.5, 0.6) is 0 Å². The summed E-state index contributed by atoms with van der Waals surface area (Å²) in [6.07, 6.45) is -2.08. The van der Waals surface area contributed by atoms with Crippen LogP contribution in [0, 0.1) is 5.92 Å². The lowest BCUT2D eigenvalue weighted by atomic mass is 10.1. The number of rotatable bonds is 5. The van der Waals surface area contributed by atoms with Gasteiger partial charge in [0.1, 0.15) is 6.33 Å². The first-order chi connectivity index (χ1) is 13.9. The summed E-state index contributed by atoms with van der Waals surface area (Å²) < 4.78 is 40.0. The molecule has 2 atom stereocenters. The molecule has 1 aliphatic carbocycles. The van der Waals surface area contributed by atoms with Gasteiger partial charge < -0.3 is 9.88 Å². The molecule has 150 valence electrons. The number of nitrogens with one attached hydrogen (secondary N) is 1. The third kappa shape index (κ3) is 4.01. The summed E-state index contributed by atoms with van der Waals surface area (Å²) >= 11 is 0. The van der Waals surface area contributed by atoms with E-state index in [0.717, 1.165) is 35.6 Å². The minimum Gasteiger partial charge on any atom is -0.326 e. The van der Waals surface area contributed by atoms with Crippen molar-refractivity contribution in [3.8, 4) is 11.4 Å². The second-order valence-electron chi connectivity index (χ2n) is 7.08. The van der Waals surface area contributed by atoms with E-state index in [1.807, 2.05) is 29.7 Å². The monoisotopic (exact) mass is 400 g/mol. The van der Waals surface area contributed by atoms with Crippen molar-refractivity contribution in [1.82, 2.24) is 14.8 Å². The van der Waals surface area contributed by atoms with E-state index in [1.54, 1.807) is 12.4 Å². The Labute approximate surface area is 165 Å². The Kier molecular flexibility index (Phi) is 4.86. The van der Waals surface area contributed by atoms with Gasteiger partial charge in [0, 0.05) is 23.7 Å². The molecular weight excluding hydrogens is 381 g/mol. The molecule has 5 nitrogen and oxygen atoms in total. The Bertz CT molecular complexity index is 1030. The van der Waals surface area contributed by atoms with Crippen LogP contribution >= 0.6 is 0 Å². The minimum absolute atomic E-state index is 0.0522. The van der Waals surface area contributed by atoms with E-state index < -0.39 is 11.7 Å². The van der Waals surface area contributed by atoms with Crippen molar-refractivity contribution in [1.29, 1.82) is 0 Å². The number of carbonyl (C=O) groups is 1. The Morgan fingerprint density at radius 1 is 1.21 bits per heavy atom. The number of alkyl halides is 3. The molecule has 2 aromatic carbocycles. The van der Waals surface area contributed by atoms with Gasteiger partial charge in [-0.3, -0.25) is 4.79 Å². The van der Waals surface area contributed by atoms with Crippen LogP contribution in [-0.4, -0.2) is 20.7 Å². The highest BCUT2D eigenvalue weighted by Gasteiger charge is 2.44. The smallest absolute Gasteiger partial charge is 0.326 e. The number of aromatic nitrogens is 3. The summed E-state index contributed by atoms with van der Waals surface area (Å²) in [7, 11) is 0. The van der Waals surface area contributed by atoms with Crippen LogP contribution in [0.1, 0.15) is 30.4 Å². The van der Waals surface area contributed by atoms with Gasteiger partial charge in [-0.1, -0.05) is 24.3 Å². The number of halogens is 3. The van der Waals surface area contributed by atoms with Crippen LogP contribution in [0.4, 0.5) is 18.9 Å². The summed E-state index contributed by atoms with van der Waals surface area (Å²) in [5.74, 6) is 0.292. The zero-order valence-electron chi connectivity index (χ0n) is 15.6. The van der Waals surface area contributed by atoms with Crippen LogP contribution in [-0.2, 0) is 17.5 Å². The molecule has 1 heterocycles. The molecule has 0 bridgehead atoms. The van der Waals surface area contributed by atoms with Crippen LogP contribution in [0.2, 0.25) is 0 Å². The fraction of sp³-hybridized carbons (Fsp3) is 0.286. The predicted molar refractivity (Wildman–Crippen MR) is 102 cm³/mol. The summed E-state index contributed by atoms with van der Waals surface area (Å²) in [6.45, 7) is 2.72. The maximum atomic E-state index is 12.7. The fourth-order valence-corrected chi connectivity index (χ4v) is 3.45. The molecule has 4 rings (SSSR count). The lowest BCUT2D eigenvalue weighted by Crippen LogP contribution is -2.14. The quantitative estimate of drug-likeness (QED) is 0.674. The zero-order chi connectivity index (χ0) is 20.6. The van der Waals surface area contributed by atoms with Crippen LogP contribution in [0.25, 0.3) is 11.4 Å². The van der Waals surface area contributed by atoms with Crippen LogP contribution < -0.4 is 5.32 Å². The van der Waals surface area contributed by atoms with Gasteiger partial charge in [-0.25, -0.2) is 0 Å². The van der Waals surface area contributed by atoms with Crippen molar-refractivity contribution >= 4 is 11.6 Å². The summed E-state index contributed by atoms with van der Waals surface area (Å²) in [4.78, 5) is 12.6. The third-order valence-electron chi connectivity index (χ3n) is 5.14. The van der Waals surface area contributed by atoms with Crippen molar-refractivity contribution < 1.29 is 18.0 Å². The predicted octanol–water partition coefficient (Wildman–Crippen LogP) is 4.73. The highest BCUT2D eigenvalue weighted by atomic mass is 19.4. The van der Waals surface area contributed by atoms with Gasteiger partial charge in [0.25, 0.3) is 0 Å². The molecular formula is C21H19F3N4O. The highest BCUT2D eigenvalue weighted by molar-refractivity contribution is 5.95. The molecule has 8 heteroatoms. The Morgan fingerprint density at radius 3 is 2.66 bits per heavy atom. The first kappa shape index (κ1) is 19.2. The molecule has 1 fully saturated rings. The van der Waals surface area contributed by atoms with E-state index in [0.29, 0.717) is 12.1 Å². The molecule has 2 unspecified atom stereocenters. The number of hydrogen-bond acceptors (Lipinski definition) is 3. The molecule has 29 heavy (non-hydrogen) atoms. The van der Waals surface area contributed by atoms with Gasteiger partial charge in [-0.15, -0.1) is 10.2 Å². The van der Waals surface area contributed by atoms with Crippen molar-refractivity contribution in [2.75, 3.05) is 5.32 Å². The number of carbonyl (C=O) groups excluding carboxylic acids is 1. The Balaban J connectivity index is 1.43. The summed E-state index contributed by atoms with van der Waals surface area (Å²) in [6, 6.07) is 12.4. The molecule has 0 radical (unpaired) electrons. The van der Waals surface area contributed by atoms with Gasteiger partial charge in [-0.05, 0) is 49.1 Å². The average Bonchev–Trinajstić information content (AvgIpc) is 3.36. The number of benzene rings is 2. The lowest BCUT2D eigenvalue weighted by molar-refractivity contribution is -0.137. The third-order valence-corrected chi connectivity index (χ3v) is 5.14. The molecule has 0 spiro atoms. The van der Waals surface area contributed by atoms with Crippen molar-refractivity contribution in [2.24, 2.45) is 5.92 Å². The molecule has 3 aromatic rings. The van der Waals surface area contributed by atoms with Crippen LogP contribution in [0.3, 0.4) is 0 Å². The lowest BCUT2D eigenvalue weighted by Gasteiger charge is -2.09. The first-order valence-electron chi connectivity index (χ1n) is 9.33. The van der Waals surface area contributed by atoms with Gasteiger partial charge in [-0.2, -0.15) is 13.2 Å². The average molecular weight is 400 g/mol. The first-order valence-corrected chi connectivity index (χ1v) is 9.33. The van der Waals surface area contributed by atoms with E-state index in [4.69, 9.17) is 0 Å². The van der Waals surface area contributed by atoms with E-state index in [2.05, 4.69) is 15.5 Å². The number of hydrogen-bond donors (Lipinski definition) is 1. The highest BCUT2D eigenvalue weighted by Crippen LogP contribution is 2.48. The van der Waals surface area contributed by atoms with Gasteiger partial charge >= 0.3 is 6.18 Å². The molecule has 0 aliphatic heterocycles. The van der Waals surface area contributed by atoms with E-state index in [9.17, 15) is 18.0 Å². The number of nitrogens with zero attached hydrogens (tertiary/aromatic N) is 3. The number of amides is 1. The Morgan fingerprint density at radius 2 is 1.97 bits per heavy atom. The Hall–Kier alpha value is -3.16. The molecule has 1 aromatic heterocycles. The molecule has 1 N–H and O–H groups in total. The van der Waals surface area contributed by atoms with Crippen molar-refractivity contribution in [3.05, 3.63) is 66.0 Å².